The van der Waals surface area contributed by atoms with Crippen molar-refractivity contribution in [2.45, 2.75) is 25.0 Å². The average molecular weight is 145 g/mol. The molecule has 2 unspecified atom stereocenters. The van der Waals surface area contributed by atoms with Crippen LogP contribution in [0.1, 0.15) is 12.8 Å². The highest BCUT2D eigenvalue weighted by Crippen LogP contribution is 1.95. The predicted octanol–water partition coefficient (Wildman–Crippen LogP) is -1.15. The Kier molecular flexibility index (Phi) is 4.70. The third kappa shape index (κ3) is 4.17. The van der Waals surface area contributed by atoms with E-state index in [9.17, 15) is 9.59 Å². The van der Waals surface area contributed by atoms with Gasteiger partial charge in [0.25, 0.3) is 0 Å². The molecule has 58 valence electrons. The zero-order valence-electron chi connectivity index (χ0n) is 5.56. The van der Waals surface area contributed by atoms with Crippen molar-refractivity contribution in [3.63, 3.8) is 0 Å². The van der Waals surface area contributed by atoms with Crippen LogP contribution in [0.3, 0.4) is 0 Å². The summed E-state index contributed by atoms with van der Waals surface area (Å²) in [5.41, 5.74) is 5.18. The zero-order valence-corrected chi connectivity index (χ0v) is 5.56. The Balaban J connectivity index is 3.34. The first-order chi connectivity index (χ1) is 4.70. The molecule has 0 heterocycles. The van der Waals surface area contributed by atoms with E-state index in [1.54, 1.807) is 0 Å². The van der Waals surface area contributed by atoms with Crippen molar-refractivity contribution in [1.82, 2.24) is 0 Å². The molecule has 2 atom stereocenters. The molecule has 0 saturated carbocycles. The summed E-state index contributed by atoms with van der Waals surface area (Å²) in [6.07, 6.45) is 0.646. The molecule has 4 heteroatoms. The van der Waals surface area contributed by atoms with Gasteiger partial charge in [0.15, 0.2) is 0 Å². The third-order valence-electron chi connectivity index (χ3n) is 1.13. The largest absolute Gasteiger partial charge is 0.386 e. The van der Waals surface area contributed by atoms with Gasteiger partial charge in [-0.25, -0.2) is 0 Å². The van der Waals surface area contributed by atoms with Gasteiger partial charge < -0.3 is 20.4 Å². The summed E-state index contributed by atoms with van der Waals surface area (Å²) in [5, 5.41) is 8.66. The normalized spacial score (nSPS) is 15.8. The SMILES string of the molecule is NC(C=O)CCC(O)C=O. The summed E-state index contributed by atoms with van der Waals surface area (Å²) in [6.45, 7) is 0. The second kappa shape index (κ2) is 5.08. The van der Waals surface area contributed by atoms with Crippen molar-refractivity contribution in [2.24, 2.45) is 5.73 Å². The Bertz CT molecular complexity index is 102. The Hall–Kier alpha value is -0.740. The van der Waals surface area contributed by atoms with Gasteiger partial charge in [-0.3, -0.25) is 0 Å². The lowest BCUT2D eigenvalue weighted by Gasteiger charge is -2.03. The number of carbonyl (C=O) groups excluding carboxylic acids is 2. The van der Waals surface area contributed by atoms with Crippen LogP contribution in [0.25, 0.3) is 0 Å². The molecular weight excluding hydrogens is 134 g/mol. The van der Waals surface area contributed by atoms with Gasteiger partial charge in [0.05, 0.1) is 6.04 Å². The van der Waals surface area contributed by atoms with Crippen molar-refractivity contribution >= 4 is 12.6 Å². The molecule has 10 heavy (non-hydrogen) atoms. The highest BCUT2D eigenvalue weighted by Gasteiger charge is 2.04. The van der Waals surface area contributed by atoms with Crippen LogP contribution in [0.5, 0.6) is 0 Å². The van der Waals surface area contributed by atoms with Crippen LogP contribution < -0.4 is 5.73 Å². The Morgan fingerprint density at radius 3 is 2.30 bits per heavy atom. The monoisotopic (exact) mass is 145 g/mol. The van der Waals surface area contributed by atoms with Gasteiger partial charge in [0, 0.05) is 0 Å². The molecule has 0 aliphatic rings. The quantitative estimate of drug-likeness (QED) is 0.479. The fourth-order valence-corrected chi connectivity index (χ4v) is 0.499. The maximum atomic E-state index is 9.91. The standard InChI is InChI=1S/C6H11NO3/c7-5(3-8)1-2-6(10)4-9/h3-6,10H,1-2,7H2. The van der Waals surface area contributed by atoms with Crippen LogP contribution in [0, 0.1) is 0 Å². The second-order valence-corrected chi connectivity index (χ2v) is 2.08. The van der Waals surface area contributed by atoms with Crippen LogP contribution in [0.4, 0.5) is 0 Å². The van der Waals surface area contributed by atoms with Crippen LogP contribution >= 0.6 is 0 Å². The van der Waals surface area contributed by atoms with Gasteiger partial charge in [-0.15, -0.1) is 0 Å². The van der Waals surface area contributed by atoms with Gasteiger partial charge in [-0.05, 0) is 12.8 Å². The molecular formula is C6H11NO3. The molecule has 0 aliphatic heterocycles. The Morgan fingerprint density at radius 1 is 1.30 bits per heavy atom. The first-order valence-electron chi connectivity index (χ1n) is 3.05. The van der Waals surface area contributed by atoms with E-state index in [0.29, 0.717) is 19.0 Å². The lowest BCUT2D eigenvalue weighted by molar-refractivity contribution is -0.115. The second-order valence-electron chi connectivity index (χ2n) is 2.08. The molecule has 0 fully saturated rings. The van der Waals surface area contributed by atoms with E-state index in [1.165, 1.54) is 0 Å². The molecule has 0 bridgehead atoms. The van der Waals surface area contributed by atoms with Crippen molar-refractivity contribution in [3.05, 3.63) is 0 Å². The summed E-state index contributed by atoms with van der Waals surface area (Å²) >= 11 is 0. The van der Waals surface area contributed by atoms with Crippen molar-refractivity contribution in [1.29, 1.82) is 0 Å². The predicted molar refractivity (Wildman–Crippen MR) is 35.3 cm³/mol. The van der Waals surface area contributed by atoms with E-state index in [0.717, 1.165) is 0 Å². The van der Waals surface area contributed by atoms with Crippen LogP contribution in [0.2, 0.25) is 0 Å². The molecule has 0 rings (SSSR count). The highest BCUT2D eigenvalue weighted by molar-refractivity contribution is 5.58. The summed E-state index contributed by atoms with van der Waals surface area (Å²) in [6, 6.07) is -0.561. The fourth-order valence-electron chi connectivity index (χ4n) is 0.499. The van der Waals surface area contributed by atoms with E-state index < -0.39 is 12.1 Å². The molecule has 0 radical (unpaired) electrons. The Labute approximate surface area is 59.0 Å². The molecule has 0 aromatic carbocycles. The van der Waals surface area contributed by atoms with Crippen LogP contribution in [-0.4, -0.2) is 29.8 Å². The number of aliphatic hydroxyl groups is 1. The van der Waals surface area contributed by atoms with Gasteiger partial charge in [-0.1, -0.05) is 0 Å². The van der Waals surface area contributed by atoms with Crippen molar-refractivity contribution in [3.8, 4) is 0 Å². The molecule has 0 aliphatic carbocycles. The van der Waals surface area contributed by atoms with Crippen LogP contribution in [0.15, 0.2) is 0 Å². The van der Waals surface area contributed by atoms with E-state index in [4.69, 9.17) is 10.8 Å². The van der Waals surface area contributed by atoms with Crippen molar-refractivity contribution < 1.29 is 14.7 Å². The van der Waals surface area contributed by atoms with E-state index in [-0.39, 0.29) is 6.42 Å². The molecule has 0 amide bonds. The summed E-state index contributed by atoms with van der Waals surface area (Å²) in [4.78, 5) is 19.7. The smallest absolute Gasteiger partial charge is 0.148 e. The maximum Gasteiger partial charge on any atom is 0.148 e. The topological polar surface area (TPSA) is 80.4 Å². The number of aldehydes is 2. The lowest BCUT2D eigenvalue weighted by atomic mass is 10.1. The van der Waals surface area contributed by atoms with Crippen molar-refractivity contribution in [2.75, 3.05) is 0 Å². The number of hydrogen-bond donors (Lipinski definition) is 2. The number of aliphatic hydroxyl groups excluding tert-OH is 1. The molecule has 0 aromatic heterocycles. The van der Waals surface area contributed by atoms with Gasteiger partial charge in [0.1, 0.15) is 18.7 Å². The van der Waals surface area contributed by atoms with E-state index in [2.05, 4.69) is 0 Å². The van der Waals surface area contributed by atoms with Gasteiger partial charge in [0.2, 0.25) is 0 Å². The molecule has 0 spiro atoms. The summed E-state index contributed by atoms with van der Waals surface area (Å²) < 4.78 is 0. The minimum absolute atomic E-state index is 0.253. The number of hydrogen-bond acceptors (Lipinski definition) is 4. The van der Waals surface area contributed by atoms with E-state index >= 15 is 0 Å². The minimum atomic E-state index is -0.981. The maximum absolute atomic E-state index is 9.91. The molecule has 0 saturated heterocycles. The summed E-state index contributed by atoms with van der Waals surface area (Å²) in [5.74, 6) is 0. The van der Waals surface area contributed by atoms with Gasteiger partial charge >= 0.3 is 0 Å². The fraction of sp³-hybridized carbons (Fsp3) is 0.667. The zero-order chi connectivity index (χ0) is 7.98. The third-order valence-corrected chi connectivity index (χ3v) is 1.13. The number of rotatable bonds is 5. The number of nitrogens with two attached hydrogens (primary N) is 1. The average Bonchev–Trinajstić information content (AvgIpc) is 1.99. The Morgan fingerprint density at radius 2 is 1.90 bits per heavy atom. The number of carbonyl (C=O) groups is 2. The lowest BCUT2D eigenvalue weighted by Crippen LogP contribution is -2.23. The first kappa shape index (κ1) is 9.26. The first-order valence-corrected chi connectivity index (χ1v) is 3.05. The summed E-state index contributed by atoms with van der Waals surface area (Å²) in [7, 11) is 0. The highest BCUT2D eigenvalue weighted by atomic mass is 16.3. The molecule has 4 nitrogen and oxygen atoms in total. The van der Waals surface area contributed by atoms with E-state index in [1.807, 2.05) is 0 Å². The minimum Gasteiger partial charge on any atom is -0.386 e. The van der Waals surface area contributed by atoms with Crippen LogP contribution in [-0.2, 0) is 9.59 Å². The molecule has 0 aromatic rings. The molecule has 3 N–H and O–H groups in total. The van der Waals surface area contributed by atoms with Gasteiger partial charge in [-0.2, -0.15) is 0 Å².